The first-order valence-electron chi connectivity index (χ1n) is 6.03. The Labute approximate surface area is 106 Å². The second-order valence-electron chi connectivity index (χ2n) is 4.16. The quantitative estimate of drug-likeness (QED) is 0.659. The largest absolute Gasteiger partial charge is 0.508 e. The van der Waals surface area contributed by atoms with Gasteiger partial charge in [-0.2, -0.15) is 0 Å². The van der Waals surface area contributed by atoms with Gasteiger partial charge in [0.2, 0.25) is 6.29 Å². The zero-order valence-electron chi connectivity index (χ0n) is 10.0. The van der Waals surface area contributed by atoms with E-state index in [4.69, 9.17) is 14.6 Å². The smallest absolute Gasteiger partial charge is 0.333 e. The maximum absolute atomic E-state index is 11.5. The molecule has 0 bridgehead atoms. The van der Waals surface area contributed by atoms with Gasteiger partial charge in [0, 0.05) is 12.5 Å². The van der Waals surface area contributed by atoms with Gasteiger partial charge in [-0.05, 0) is 36.6 Å². The van der Waals surface area contributed by atoms with Gasteiger partial charge in [0.25, 0.3) is 0 Å². The summed E-state index contributed by atoms with van der Waals surface area (Å²) >= 11 is 0. The summed E-state index contributed by atoms with van der Waals surface area (Å²) in [4.78, 5) is 11.5. The zero-order valence-corrected chi connectivity index (χ0v) is 10.0. The topological polar surface area (TPSA) is 55.8 Å². The Kier molecular flexibility index (Phi) is 4.36. The van der Waals surface area contributed by atoms with Crippen molar-refractivity contribution in [3.63, 3.8) is 0 Å². The van der Waals surface area contributed by atoms with E-state index >= 15 is 0 Å². The first kappa shape index (κ1) is 12.6. The van der Waals surface area contributed by atoms with Gasteiger partial charge < -0.3 is 14.6 Å². The number of hydrogen-bond acceptors (Lipinski definition) is 4. The minimum absolute atomic E-state index is 0.199. The van der Waals surface area contributed by atoms with Crippen LogP contribution in [0.3, 0.4) is 0 Å². The van der Waals surface area contributed by atoms with E-state index in [2.05, 4.69) is 0 Å². The van der Waals surface area contributed by atoms with E-state index in [1.54, 1.807) is 30.3 Å². The number of hydrogen-bond donors (Lipinski definition) is 1. The van der Waals surface area contributed by atoms with Crippen LogP contribution in [0.2, 0.25) is 0 Å². The van der Waals surface area contributed by atoms with Crippen LogP contribution < -0.4 is 0 Å². The fourth-order valence-corrected chi connectivity index (χ4v) is 1.72. The molecule has 4 nitrogen and oxygen atoms in total. The van der Waals surface area contributed by atoms with Crippen LogP contribution in [0.4, 0.5) is 0 Å². The minimum Gasteiger partial charge on any atom is -0.508 e. The molecule has 1 aromatic carbocycles. The Morgan fingerprint density at radius 2 is 2.11 bits per heavy atom. The van der Waals surface area contributed by atoms with Crippen LogP contribution in [0.25, 0.3) is 6.08 Å². The highest BCUT2D eigenvalue weighted by Crippen LogP contribution is 2.14. The van der Waals surface area contributed by atoms with Gasteiger partial charge in [0.05, 0.1) is 6.61 Å². The van der Waals surface area contributed by atoms with Crippen molar-refractivity contribution in [3.05, 3.63) is 35.9 Å². The Balaban J connectivity index is 1.84. The summed E-state index contributed by atoms with van der Waals surface area (Å²) in [6.07, 6.45) is 5.42. The highest BCUT2D eigenvalue weighted by atomic mass is 16.7. The van der Waals surface area contributed by atoms with E-state index in [0.29, 0.717) is 6.61 Å². The molecule has 18 heavy (non-hydrogen) atoms. The Morgan fingerprint density at radius 1 is 1.33 bits per heavy atom. The fraction of sp³-hybridized carbons (Fsp3) is 0.357. The molecule has 1 unspecified atom stereocenters. The van der Waals surface area contributed by atoms with Crippen molar-refractivity contribution in [1.29, 1.82) is 0 Å². The molecule has 1 heterocycles. The highest BCUT2D eigenvalue weighted by Gasteiger charge is 2.16. The van der Waals surface area contributed by atoms with Crippen molar-refractivity contribution in [1.82, 2.24) is 0 Å². The predicted molar refractivity (Wildman–Crippen MR) is 66.8 cm³/mol. The molecule has 0 radical (unpaired) electrons. The van der Waals surface area contributed by atoms with Gasteiger partial charge in [-0.3, -0.25) is 0 Å². The van der Waals surface area contributed by atoms with Crippen LogP contribution in [0.5, 0.6) is 5.75 Å². The van der Waals surface area contributed by atoms with E-state index in [1.165, 1.54) is 6.08 Å². The Bertz CT molecular complexity index is 416. The van der Waals surface area contributed by atoms with Crippen LogP contribution in [-0.4, -0.2) is 24.0 Å². The molecular formula is C14H16O4. The van der Waals surface area contributed by atoms with Crippen LogP contribution in [-0.2, 0) is 14.3 Å². The van der Waals surface area contributed by atoms with Crippen LogP contribution in [0.1, 0.15) is 24.8 Å². The lowest BCUT2D eigenvalue weighted by molar-refractivity contribution is -0.181. The van der Waals surface area contributed by atoms with Crippen LogP contribution in [0.15, 0.2) is 30.3 Å². The third kappa shape index (κ3) is 3.89. The number of benzene rings is 1. The second-order valence-corrected chi connectivity index (χ2v) is 4.16. The summed E-state index contributed by atoms with van der Waals surface area (Å²) in [6.45, 7) is 0.652. The van der Waals surface area contributed by atoms with Crippen molar-refractivity contribution in [2.75, 3.05) is 6.61 Å². The van der Waals surface area contributed by atoms with Gasteiger partial charge in [0.15, 0.2) is 0 Å². The molecule has 1 aliphatic rings. The number of carbonyl (C=O) groups excluding carboxylic acids is 1. The van der Waals surface area contributed by atoms with Crippen LogP contribution in [0, 0.1) is 0 Å². The first-order valence-corrected chi connectivity index (χ1v) is 6.03. The molecule has 1 atom stereocenters. The van der Waals surface area contributed by atoms with Crippen molar-refractivity contribution < 1.29 is 19.4 Å². The molecule has 2 rings (SSSR count). The first-order chi connectivity index (χ1) is 8.74. The van der Waals surface area contributed by atoms with E-state index in [0.717, 1.165) is 24.8 Å². The lowest BCUT2D eigenvalue weighted by Crippen LogP contribution is -2.24. The molecular weight excluding hydrogens is 232 g/mol. The Hall–Kier alpha value is -1.81. The van der Waals surface area contributed by atoms with E-state index in [-0.39, 0.29) is 5.75 Å². The maximum Gasteiger partial charge on any atom is 0.333 e. The van der Waals surface area contributed by atoms with Gasteiger partial charge in [0.1, 0.15) is 5.75 Å². The van der Waals surface area contributed by atoms with Crippen molar-refractivity contribution >= 4 is 12.0 Å². The van der Waals surface area contributed by atoms with E-state index in [1.807, 2.05) is 0 Å². The summed E-state index contributed by atoms with van der Waals surface area (Å²) in [6, 6.07) is 6.57. The summed E-state index contributed by atoms with van der Waals surface area (Å²) in [5.74, 6) is -0.208. The molecule has 0 spiro atoms. The normalized spacial score (nSPS) is 19.9. The average molecular weight is 248 g/mol. The van der Waals surface area contributed by atoms with Crippen molar-refractivity contribution in [2.24, 2.45) is 0 Å². The Morgan fingerprint density at radius 3 is 2.78 bits per heavy atom. The number of carbonyl (C=O) groups is 1. The minimum atomic E-state index is -0.407. The van der Waals surface area contributed by atoms with E-state index in [9.17, 15) is 4.79 Å². The lowest BCUT2D eigenvalue weighted by Gasteiger charge is -2.21. The van der Waals surface area contributed by atoms with Gasteiger partial charge >= 0.3 is 5.97 Å². The summed E-state index contributed by atoms with van der Waals surface area (Å²) < 4.78 is 10.4. The van der Waals surface area contributed by atoms with Crippen molar-refractivity contribution in [3.8, 4) is 5.75 Å². The fourth-order valence-electron chi connectivity index (χ4n) is 1.72. The molecule has 0 aliphatic carbocycles. The third-order valence-corrected chi connectivity index (χ3v) is 2.69. The van der Waals surface area contributed by atoms with Gasteiger partial charge in [-0.25, -0.2) is 4.79 Å². The van der Waals surface area contributed by atoms with Gasteiger partial charge in [-0.1, -0.05) is 12.1 Å². The number of phenolic OH excluding ortho intramolecular Hbond substituents is 1. The number of ether oxygens (including phenoxy) is 2. The summed E-state index contributed by atoms with van der Waals surface area (Å²) in [5, 5.41) is 9.12. The SMILES string of the molecule is O=C(C=Cc1ccc(O)cc1)OC1CCCCO1. The molecule has 0 aromatic heterocycles. The molecule has 4 heteroatoms. The molecule has 1 aliphatic heterocycles. The predicted octanol–water partition coefficient (Wildman–Crippen LogP) is 2.48. The molecule has 0 amide bonds. The van der Waals surface area contributed by atoms with Crippen molar-refractivity contribution in [2.45, 2.75) is 25.6 Å². The molecule has 1 aromatic rings. The number of phenols is 1. The molecule has 1 fully saturated rings. The highest BCUT2D eigenvalue weighted by molar-refractivity contribution is 5.87. The molecule has 0 saturated carbocycles. The number of aromatic hydroxyl groups is 1. The summed E-state index contributed by atoms with van der Waals surface area (Å²) in [5.41, 5.74) is 0.828. The molecule has 96 valence electrons. The zero-order chi connectivity index (χ0) is 12.8. The van der Waals surface area contributed by atoms with Crippen LogP contribution >= 0.6 is 0 Å². The monoisotopic (exact) mass is 248 g/mol. The molecule has 1 N–H and O–H groups in total. The number of rotatable bonds is 3. The number of esters is 1. The standard InChI is InChI=1S/C14H16O4/c15-12-7-4-11(5-8-12)6-9-13(16)18-14-3-1-2-10-17-14/h4-9,14-15H,1-3,10H2. The van der Waals surface area contributed by atoms with Gasteiger partial charge in [-0.15, -0.1) is 0 Å². The lowest BCUT2D eigenvalue weighted by atomic mass is 10.2. The molecule has 1 saturated heterocycles. The third-order valence-electron chi connectivity index (χ3n) is 2.69. The second kappa shape index (κ2) is 6.21. The summed E-state index contributed by atoms with van der Waals surface area (Å²) in [7, 11) is 0. The van der Waals surface area contributed by atoms with E-state index < -0.39 is 12.3 Å². The average Bonchev–Trinajstić information content (AvgIpc) is 2.39. The maximum atomic E-state index is 11.5.